The summed E-state index contributed by atoms with van der Waals surface area (Å²) in [6.07, 6.45) is 4.01. The number of fused-ring (bicyclic) bond motifs is 1. The summed E-state index contributed by atoms with van der Waals surface area (Å²) in [6.45, 7) is 5.68. The molecule has 2 saturated heterocycles. The number of nitrogens with one attached hydrogen (secondary N) is 2. The lowest BCUT2D eigenvalue weighted by atomic mass is 10.1. The lowest BCUT2D eigenvalue weighted by Gasteiger charge is -2.28. The van der Waals surface area contributed by atoms with Crippen molar-refractivity contribution in [2.45, 2.75) is 76.8 Å². The van der Waals surface area contributed by atoms with Crippen molar-refractivity contribution in [3.05, 3.63) is 41.1 Å². The highest BCUT2D eigenvalue weighted by molar-refractivity contribution is 6.02. The van der Waals surface area contributed by atoms with Gasteiger partial charge in [0, 0.05) is 36.8 Å². The monoisotopic (exact) mass is 466 g/mol. The van der Waals surface area contributed by atoms with Crippen molar-refractivity contribution in [2.75, 3.05) is 23.4 Å². The van der Waals surface area contributed by atoms with Crippen LogP contribution in [0.2, 0.25) is 0 Å². The van der Waals surface area contributed by atoms with E-state index in [2.05, 4.69) is 29.4 Å². The summed E-state index contributed by atoms with van der Waals surface area (Å²) in [5.41, 5.74) is 3.06. The minimum Gasteiger partial charge on any atom is -0.395 e. The third-order valence-electron chi connectivity index (χ3n) is 7.45. The maximum atomic E-state index is 12.5. The first-order valence-corrected chi connectivity index (χ1v) is 12.3. The molecule has 4 atom stereocenters. The summed E-state index contributed by atoms with van der Waals surface area (Å²) in [4.78, 5) is 26.2. The Morgan fingerprint density at radius 2 is 1.88 bits per heavy atom. The number of aliphatic hydroxyl groups is 2. The number of benzene rings is 1. The van der Waals surface area contributed by atoms with E-state index >= 15 is 0 Å². The van der Waals surface area contributed by atoms with E-state index in [0.29, 0.717) is 42.4 Å². The molecule has 0 radical (unpaired) electrons. The lowest BCUT2D eigenvalue weighted by molar-refractivity contribution is -0.0174. The van der Waals surface area contributed by atoms with E-state index in [1.165, 1.54) is 0 Å². The van der Waals surface area contributed by atoms with Crippen LogP contribution in [-0.2, 0) is 13.0 Å². The van der Waals surface area contributed by atoms with E-state index in [9.17, 15) is 15.0 Å². The molecule has 4 heterocycles. The number of carbonyl (C=O) groups is 1. The molecule has 0 aliphatic carbocycles. The van der Waals surface area contributed by atoms with Crippen LogP contribution in [0, 0.1) is 0 Å². The number of aromatic nitrogens is 2. The van der Waals surface area contributed by atoms with Gasteiger partial charge in [0.2, 0.25) is 5.95 Å². The van der Waals surface area contributed by atoms with Gasteiger partial charge in [-0.2, -0.15) is 4.98 Å². The van der Waals surface area contributed by atoms with E-state index in [0.717, 1.165) is 49.2 Å². The van der Waals surface area contributed by atoms with Gasteiger partial charge in [-0.15, -0.1) is 0 Å². The molecule has 0 bridgehead atoms. The van der Waals surface area contributed by atoms with Crippen LogP contribution in [0.4, 0.5) is 17.5 Å². The molecule has 5 rings (SSSR count). The number of aliphatic hydroxyl groups excluding tert-OH is 2. The molecule has 0 saturated carbocycles. The molecule has 0 spiro atoms. The molecule has 2 aromatic rings. The van der Waals surface area contributed by atoms with Crippen molar-refractivity contribution in [1.82, 2.24) is 20.2 Å². The van der Waals surface area contributed by atoms with Gasteiger partial charge in [-0.05, 0) is 57.2 Å². The number of anilines is 3. The minimum absolute atomic E-state index is 0.0391. The highest BCUT2D eigenvalue weighted by atomic mass is 16.3. The van der Waals surface area contributed by atoms with Gasteiger partial charge in [-0.1, -0.05) is 12.1 Å². The Bertz CT molecular complexity index is 1040. The second-order valence-electron chi connectivity index (χ2n) is 9.78. The van der Waals surface area contributed by atoms with Gasteiger partial charge < -0.3 is 25.7 Å². The SMILES string of the molecule is C[C@@H]1CC[C@@H](C)N1c1nc2c(c(Nc3ccc(CC(O)N4CCC[C@H]4CO)cc3)n1)C(=O)NC2. The Morgan fingerprint density at radius 3 is 2.59 bits per heavy atom. The van der Waals surface area contributed by atoms with Gasteiger partial charge in [-0.3, -0.25) is 9.69 Å². The molecule has 2 fully saturated rings. The Morgan fingerprint density at radius 1 is 1.15 bits per heavy atom. The fourth-order valence-electron chi connectivity index (χ4n) is 5.54. The molecule has 34 heavy (non-hydrogen) atoms. The Hall–Kier alpha value is -2.75. The predicted octanol–water partition coefficient (Wildman–Crippen LogP) is 2.16. The maximum Gasteiger partial charge on any atom is 0.257 e. The standard InChI is InChI=1S/C25H34N6O3/c1-15-5-6-16(2)31(15)25-28-20-13-26-24(34)22(20)23(29-25)27-18-9-7-17(8-10-18)12-21(33)30-11-3-4-19(30)14-32/h7-10,15-16,19,21,32-33H,3-6,11-14H2,1-2H3,(H,26,34)(H,27,28,29)/t15-,16-,19+,21?/m1/s1. The smallest absolute Gasteiger partial charge is 0.257 e. The van der Waals surface area contributed by atoms with Gasteiger partial charge in [0.1, 0.15) is 17.6 Å². The van der Waals surface area contributed by atoms with E-state index in [4.69, 9.17) is 9.97 Å². The Kier molecular flexibility index (Phi) is 6.42. The van der Waals surface area contributed by atoms with Crippen LogP contribution < -0.4 is 15.5 Å². The molecule has 9 nitrogen and oxygen atoms in total. The van der Waals surface area contributed by atoms with Gasteiger partial charge in [0.15, 0.2) is 0 Å². The second-order valence-corrected chi connectivity index (χ2v) is 9.78. The third-order valence-corrected chi connectivity index (χ3v) is 7.45. The summed E-state index contributed by atoms with van der Waals surface area (Å²) in [7, 11) is 0. The molecule has 182 valence electrons. The van der Waals surface area contributed by atoms with Crippen molar-refractivity contribution < 1.29 is 15.0 Å². The largest absolute Gasteiger partial charge is 0.395 e. The van der Waals surface area contributed by atoms with Crippen LogP contribution >= 0.6 is 0 Å². The fraction of sp³-hybridized carbons (Fsp3) is 0.560. The number of likely N-dealkylation sites (tertiary alicyclic amines) is 1. The quantitative estimate of drug-likeness (QED) is 0.491. The number of nitrogens with zero attached hydrogens (tertiary/aromatic N) is 4. The van der Waals surface area contributed by atoms with Gasteiger partial charge >= 0.3 is 0 Å². The zero-order valence-electron chi connectivity index (χ0n) is 19.9. The van der Waals surface area contributed by atoms with Crippen LogP contribution in [-0.4, -0.2) is 68.5 Å². The van der Waals surface area contributed by atoms with Crippen molar-refractivity contribution in [3.63, 3.8) is 0 Å². The van der Waals surface area contributed by atoms with E-state index < -0.39 is 6.23 Å². The number of carbonyl (C=O) groups excluding carboxylic acids is 1. The normalized spacial score (nSPS) is 25.5. The summed E-state index contributed by atoms with van der Waals surface area (Å²) in [5.74, 6) is 1.03. The summed E-state index contributed by atoms with van der Waals surface area (Å²) in [6, 6.07) is 8.59. The first-order valence-electron chi connectivity index (χ1n) is 12.3. The average molecular weight is 467 g/mol. The zero-order valence-corrected chi connectivity index (χ0v) is 19.9. The van der Waals surface area contributed by atoms with E-state index in [1.807, 2.05) is 29.2 Å². The summed E-state index contributed by atoms with van der Waals surface area (Å²) in [5, 5.41) is 26.4. The van der Waals surface area contributed by atoms with Gasteiger partial charge in [-0.25, -0.2) is 4.98 Å². The molecular formula is C25H34N6O3. The van der Waals surface area contributed by atoms with E-state index in [-0.39, 0.29) is 18.6 Å². The molecular weight excluding hydrogens is 432 g/mol. The summed E-state index contributed by atoms with van der Waals surface area (Å²) < 4.78 is 0. The van der Waals surface area contributed by atoms with Crippen molar-refractivity contribution in [3.8, 4) is 0 Å². The van der Waals surface area contributed by atoms with Crippen molar-refractivity contribution >= 4 is 23.4 Å². The first kappa shape index (κ1) is 23.0. The molecule has 9 heteroatoms. The molecule has 1 aromatic heterocycles. The summed E-state index contributed by atoms with van der Waals surface area (Å²) >= 11 is 0. The molecule has 1 amide bonds. The molecule has 3 aliphatic rings. The van der Waals surface area contributed by atoms with Crippen LogP contribution in [0.3, 0.4) is 0 Å². The second kappa shape index (κ2) is 9.48. The molecule has 1 aromatic carbocycles. The van der Waals surface area contributed by atoms with E-state index in [1.54, 1.807) is 0 Å². The fourth-order valence-corrected chi connectivity index (χ4v) is 5.54. The third kappa shape index (κ3) is 4.35. The average Bonchev–Trinajstić information content (AvgIpc) is 3.54. The van der Waals surface area contributed by atoms with Crippen LogP contribution in [0.5, 0.6) is 0 Å². The minimum atomic E-state index is -0.612. The van der Waals surface area contributed by atoms with Crippen LogP contribution in [0.1, 0.15) is 61.1 Å². The van der Waals surface area contributed by atoms with Gasteiger partial charge in [0.25, 0.3) is 5.91 Å². The van der Waals surface area contributed by atoms with Gasteiger partial charge in [0.05, 0.1) is 18.8 Å². The maximum absolute atomic E-state index is 12.5. The highest BCUT2D eigenvalue weighted by Gasteiger charge is 2.33. The van der Waals surface area contributed by atoms with Crippen molar-refractivity contribution in [1.29, 1.82) is 0 Å². The predicted molar refractivity (Wildman–Crippen MR) is 130 cm³/mol. The highest BCUT2D eigenvalue weighted by Crippen LogP contribution is 2.32. The molecule has 4 N–H and O–H groups in total. The Balaban J connectivity index is 1.34. The van der Waals surface area contributed by atoms with Crippen molar-refractivity contribution in [2.24, 2.45) is 0 Å². The lowest BCUT2D eigenvalue weighted by Crippen LogP contribution is -2.42. The molecule has 1 unspecified atom stereocenters. The number of amides is 1. The molecule has 3 aliphatic heterocycles. The number of hydrogen-bond donors (Lipinski definition) is 4. The topological polar surface area (TPSA) is 114 Å². The first-order chi connectivity index (χ1) is 16.4. The zero-order chi connectivity index (χ0) is 23.8. The number of rotatable bonds is 7. The Labute approximate surface area is 200 Å². The van der Waals surface area contributed by atoms with Crippen LogP contribution in [0.15, 0.2) is 24.3 Å². The van der Waals surface area contributed by atoms with Crippen LogP contribution in [0.25, 0.3) is 0 Å². The number of hydrogen-bond acceptors (Lipinski definition) is 8.